The van der Waals surface area contributed by atoms with Crippen molar-refractivity contribution >= 4 is 11.9 Å². The van der Waals surface area contributed by atoms with Gasteiger partial charge in [-0.05, 0) is 19.1 Å². The van der Waals surface area contributed by atoms with E-state index in [1.807, 2.05) is 0 Å². The first-order chi connectivity index (χ1) is 9.69. The van der Waals surface area contributed by atoms with Gasteiger partial charge in [-0.2, -0.15) is 0 Å². The summed E-state index contributed by atoms with van der Waals surface area (Å²) in [6, 6.07) is 3.40. The molecule has 0 bridgehead atoms. The fraction of sp³-hybridized carbons (Fsp3) is 0.500. The van der Waals surface area contributed by atoms with Gasteiger partial charge in [0.15, 0.2) is 0 Å². The van der Waals surface area contributed by atoms with E-state index < -0.39 is 0 Å². The molecule has 0 aromatic carbocycles. The molecule has 0 unspecified atom stereocenters. The van der Waals surface area contributed by atoms with Gasteiger partial charge in [-0.25, -0.2) is 0 Å². The van der Waals surface area contributed by atoms with Crippen molar-refractivity contribution in [2.45, 2.75) is 13.3 Å². The van der Waals surface area contributed by atoms with E-state index in [2.05, 4.69) is 4.98 Å². The van der Waals surface area contributed by atoms with Gasteiger partial charge in [-0.3, -0.25) is 14.6 Å². The van der Waals surface area contributed by atoms with Crippen molar-refractivity contribution < 1.29 is 19.1 Å². The van der Waals surface area contributed by atoms with Crippen molar-refractivity contribution in [2.24, 2.45) is 0 Å². The largest absolute Gasteiger partial charge is 0.466 e. The third-order valence-electron chi connectivity index (χ3n) is 2.65. The van der Waals surface area contributed by atoms with Gasteiger partial charge < -0.3 is 14.4 Å². The number of amides is 1. The molecule has 1 aromatic heterocycles. The Morgan fingerprint density at radius 2 is 2.15 bits per heavy atom. The van der Waals surface area contributed by atoms with Crippen LogP contribution in [0.4, 0.5) is 0 Å². The predicted octanol–water partition coefficient (Wildman–Crippen LogP) is 1.12. The maximum absolute atomic E-state index is 12.3. The molecule has 0 spiro atoms. The smallest absolute Gasteiger partial charge is 0.307 e. The molecule has 0 radical (unpaired) electrons. The summed E-state index contributed by atoms with van der Waals surface area (Å²) in [5.74, 6) is -0.478. The van der Waals surface area contributed by atoms with E-state index in [9.17, 15) is 9.59 Å². The number of aromatic nitrogens is 1. The first-order valence-electron chi connectivity index (χ1n) is 6.53. The summed E-state index contributed by atoms with van der Waals surface area (Å²) in [5.41, 5.74) is 0.493. The molecule has 0 fully saturated rings. The molecule has 1 aromatic rings. The minimum Gasteiger partial charge on any atom is -0.466 e. The van der Waals surface area contributed by atoms with Gasteiger partial charge >= 0.3 is 5.97 Å². The minimum absolute atomic E-state index is 0.167. The highest BCUT2D eigenvalue weighted by Gasteiger charge is 2.17. The van der Waals surface area contributed by atoms with Gasteiger partial charge in [0.2, 0.25) is 0 Å². The van der Waals surface area contributed by atoms with Crippen LogP contribution in [0.25, 0.3) is 0 Å². The summed E-state index contributed by atoms with van der Waals surface area (Å²) in [6.45, 7) is 3.23. The van der Waals surface area contributed by atoms with Crippen molar-refractivity contribution in [3.05, 3.63) is 30.1 Å². The molecule has 1 heterocycles. The third-order valence-corrected chi connectivity index (χ3v) is 2.65. The predicted molar refractivity (Wildman–Crippen MR) is 73.3 cm³/mol. The summed E-state index contributed by atoms with van der Waals surface area (Å²) >= 11 is 0. The second kappa shape index (κ2) is 9.03. The molecule has 1 rings (SSSR count). The molecule has 0 aliphatic rings. The lowest BCUT2D eigenvalue weighted by atomic mass is 10.2. The van der Waals surface area contributed by atoms with Gasteiger partial charge in [0, 0.05) is 32.6 Å². The van der Waals surface area contributed by atoms with Crippen molar-refractivity contribution in [3.63, 3.8) is 0 Å². The second-order valence-electron chi connectivity index (χ2n) is 4.08. The Hall–Kier alpha value is -1.95. The van der Waals surface area contributed by atoms with Crippen LogP contribution in [0.15, 0.2) is 24.5 Å². The molecule has 0 saturated carbocycles. The molecule has 0 saturated heterocycles. The Kier molecular flexibility index (Phi) is 7.27. The molecule has 1 amide bonds. The molecule has 20 heavy (non-hydrogen) atoms. The SMILES string of the molecule is CCOC(=O)CCN(CCOC)C(=O)c1cccnc1. The van der Waals surface area contributed by atoms with Crippen LogP contribution < -0.4 is 0 Å². The number of pyridine rings is 1. The van der Waals surface area contributed by atoms with Crippen LogP contribution in [0.2, 0.25) is 0 Å². The van der Waals surface area contributed by atoms with E-state index in [-0.39, 0.29) is 18.3 Å². The van der Waals surface area contributed by atoms with Gasteiger partial charge in [0.05, 0.1) is 25.2 Å². The van der Waals surface area contributed by atoms with E-state index in [4.69, 9.17) is 9.47 Å². The van der Waals surface area contributed by atoms with Crippen LogP contribution in [0.1, 0.15) is 23.7 Å². The van der Waals surface area contributed by atoms with Gasteiger partial charge in [-0.15, -0.1) is 0 Å². The summed E-state index contributed by atoms with van der Waals surface area (Å²) in [5, 5.41) is 0. The third kappa shape index (κ3) is 5.36. The summed E-state index contributed by atoms with van der Waals surface area (Å²) in [6.07, 6.45) is 3.28. The van der Waals surface area contributed by atoms with Crippen molar-refractivity contribution in [2.75, 3.05) is 33.4 Å². The van der Waals surface area contributed by atoms with E-state index in [0.717, 1.165) is 0 Å². The summed E-state index contributed by atoms with van der Waals surface area (Å²) in [7, 11) is 1.57. The fourth-order valence-electron chi connectivity index (χ4n) is 1.65. The number of carbonyl (C=O) groups excluding carboxylic acids is 2. The number of rotatable bonds is 8. The molecule has 0 N–H and O–H groups in total. The average molecular weight is 280 g/mol. The van der Waals surface area contributed by atoms with Crippen molar-refractivity contribution in [1.82, 2.24) is 9.88 Å². The lowest BCUT2D eigenvalue weighted by molar-refractivity contribution is -0.143. The topological polar surface area (TPSA) is 68.7 Å². The quantitative estimate of drug-likeness (QED) is 0.668. The van der Waals surface area contributed by atoms with E-state index in [0.29, 0.717) is 31.9 Å². The molecule has 6 heteroatoms. The normalized spacial score (nSPS) is 10.1. The molecule has 110 valence electrons. The zero-order chi connectivity index (χ0) is 14.8. The zero-order valence-corrected chi connectivity index (χ0v) is 11.9. The Morgan fingerprint density at radius 3 is 2.75 bits per heavy atom. The summed E-state index contributed by atoms with van der Waals surface area (Å²) in [4.78, 5) is 29.2. The fourth-order valence-corrected chi connectivity index (χ4v) is 1.65. The highest BCUT2D eigenvalue weighted by molar-refractivity contribution is 5.94. The van der Waals surface area contributed by atoms with E-state index >= 15 is 0 Å². The Bertz CT molecular complexity index is 422. The number of esters is 1. The Labute approximate surface area is 118 Å². The van der Waals surface area contributed by atoms with E-state index in [1.165, 1.54) is 6.20 Å². The Morgan fingerprint density at radius 1 is 1.35 bits per heavy atom. The van der Waals surface area contributed by atoms with Crippen molar-refractivity contribution in [1.29, 1.82) is 0 Å². The highest BCUT2D eigenvalue weighted by atomic mass is 16.5. The second-order valence-corrected chi connectivity index (χ2v) is 4.08. The summed E-state index contributed by atoms with van der Waals surface area (Å²) < 4.78 is 9.85. The highest BCUT2D eigenvalue weighted by Crippen LogP contribution is 2.04. The molecular weight excluding hydrogens is 260 g/mol. The van der Waals surface area contributed by atoms with Crippen LogP contribution in [-0.2, 0) is 14.3 Å². The number of hydrogen-bond donors (Lipinski definition) is 0. The van der Waals surface area contributed by atoms with Gasteiger partial charge in [-0.1, -0.05) is 0 Å². The van der Waals surface area contributed by atoms with Crippen molar-refractivity contribution in [3.8, 4) is 0 Å². The van der Waals surface area contributed by atoms with Crippen LogP contribution in [0.5, 0.6) is 0 Å². The molecule has 0 aliphatic heterocycles. The first kappa shape index (κ1) is 16.1. The first-order valence-corrected chi connectivity index (χ1v) is 6.53. The lowest BCUT2D eigenvalue weighted by Gasteiger charge is -2.21. The number of hydrogen-bond acceptors (Lipinski definition) is 5. The van der Waals surface area contributed by atoms with E-state index in [1.54, 1.807) is 37.3 Å². The maximum Gasteiger partial charge on any atom is 0.307 e. The maximum atomic E-state index is 12.3. The van der Waals surface area contributed by atoms with Crippen LogP contribution >= 0.6 is 0 Å². The zero-order valence-electron chi connectivity index (χ0n) is 11.9. The number of methoxy groups -OCH3 is 1. The average Bonchev–Trinajstić information content (AvgIpc) is 2.48. The standard InChI is InChI=1S/C14H20N2O4/c1-3-20-13(17)6-8-16(9-10-19-2)14(18)12-5-4-7-15-11-12/h4-5,7,11H,3,6,8-10H2,1-2H3. The number of nitrogens with zero attached hydrogens (tertiary/aromatic N) is 2. The Balaban J connectivity index is 2.63. The number of ether oxygens (including phenoxy) is 2. The van der Waals surface area contributed by atoms with Crippen LogP contribution in [0.3, 0.4) is 0 Å². The van der Waals surface area contributed by atoms with Gasteiger partial charge in [0.1, 0.15) is 0 Å². The molecule has 0 atom stereocenters. The number of carbonyl (C=O) groups is 2. The van der Waals surface area contributed by atoms with Crippen LogP contribution in [0, 0.1) is 0 Å². The van der Waals surface area contributed by atoms with Crippen LogP contribution in [-0.4, -0.2) is 55.2 Å². The van der Waals surface area contributed by atoms with Gasteiger partial charge in [0.25, 0.3) is 5.91 Å². The lowest BCUT2D eigenvalue weighted by Crippen LogP contribution is -2.36. The molecule has 6 nitrogen and oxygen atoms in total. The monoisotopic (exact) mass is 280 g/mol. The molecular formula is C14H20N2O4. The molecule has 0 aliphatic carbocycles. The minimum atomic E-state index is -0.311.